The molecule has 0 aromatic heterocycles. The number of halogens is 8. The van der Waals surface area contributed by atoms with Crippen molar-refractivity contribution in [2.24, 2.45) is 0 Å². The van der Waals surface area contributed by atoms with Crippen LogP contribution in [0.4, 0.5) is 30.4 Å². The van der Waals surface area contributed by atoms with Gasteiger partial charge in [-0.2, -0.15) is 13.2 Å². The lowest BCUT2D eigenvalue weighted by Gasteiger charge is -2.03. The quantitative estimate of drug-likeness (QED) is 0.359. The van der Waals surface area contributed by atoms with Crippen LogP contribution >= 0.6 is 0 Å². The van der Waals surface area contributed by atoms with Crippen molar-refractivity contribution in [3.8, 4) is 0 Å². The van der Waals surface area contributed by atoms with Gasteiger partial charge in [-0.05, 0) is 24.3 Å². The molecular formula is C7H5BF7I. The summed E-state index contributed by atoms with van der Waals surface area (Å²) in [6.07, 6.45) is -4.21. The van der Waals surface area contributed by atoms with Crippen molar-refractivity contribution < 1.29 is 53.0 Å². The van der Waals surface area contributed by atoms with Gasteiger partial charge in [0.2, 0.25) is 0 Å². The third-order valence-electron chi connectivity index (χ3n) is 1.18. The summed E-state index contributed by atoms with van der Waals surface area (Å²) in [5.41, 5.74) is -0.593. The lowest BCUT2D eigenvalue weighted by atomic mass is 10.2. The lowest BCUT2D eigenvalue weighted by molar-refractivity contribution is -0.328. The van der Waals surface area contributed by atoms with Crippen LogP contribution in [-0.4, -0.2) is 7.25 Å². The van der Waals surface area contributed by atoms with E-state index in [1.807, 2.05) is 0 Å². The summed E-state index contributed by atoms with van der Waals surface area (Å²) in [6.45, 7) is 0. The van der Waals surface area contributed by atoms with Crippen LogP contribution in [0.15, 0.2) is 24.3 Å². The Kier molecular flexibility index (Phi) is 5.56. The molecule has 0 saturated carbocycles. The van der Waals surface area contributed by atoms with Gasteiger partial charge in [0.15, 0.2) is 3.57 Å². The van der Waals surface area contributed by atoms with Gasteiger partial charge in [0.1, 0.15) is 0 Å². The zero-order chi connectivity index (χ0) is 13.0. The molecule has 1 rings (SSSR count). The third kappa shape index (κ3) is 8.80. The van der Waals surface area contributed by atoms with E-state index in [9.17, 15) is 30.4 Å². The zero-order valence-electron chi connectivity index (χ0n) is 7.44. The van der Waals surface area contributed by atoms with Gasteiger partial charge in [0, 0.05) is 0 Å². The van der Waals surface area contributed by atoms with Crippen molar-refractivity contribution in [3.63, 3.8) is 0 Å². The van der Waals surface area contributed by atoms with Gasteiger partial charge in [-0.3, -0.25) is 0 Å². The van der Waals surface area contributed by atoms with E-state index in [0.29, 0.717) is 0 Å². The van der Waals surface area contributed by atoms with Crippen molar-refractivity contribution >= 4 is 7.25 Å². The van der Waals surface area contributed by atoms with Crippen LogP contribution in [0.5, 0.6) is 0 Å². The smallest absolute Gasteiger partial charge is 0.418 e. The van der Waals surface area contributed by atoms with E-state index in [4.69, 9.17) is 0 Å². The Labute approximate surface area is 100 Å². The fourth-order valence-electron chi connectivity index (χ4n) is 0.644. The monoisotopic (exact) mass is 360 g/mol. The summed E-state index contributed by atoms with van der Waals surface area (Å²) in [4.78, 5) is 0. The maximum absolute atomic E-state index is 11.9. The van der Waals surface area contributed by atoms with Crippen molar-refractivity contribution in [2.75, 3.05) is 0 Å². The predicted molar refractivity (Wildman–Crippen MR) is 41.7 cm³/mol. The maximum atomic E-state index is 11.9. The Morgan fingerprint density at radius 2 is 1.19 bits per heavy atom. The Hall–Kier alpha value is -0.475. The Bertz CT molecular complexity index is 309. The number of alkyl halides is 3. The summed E-state index contributed by atoms with van der Waals surface area (Å²) in [7, 11) is -6.00. The second-order valence-corrected chi connectivity index (χ2v) is 3.86. The largest absolute Gasteiger partial charge is 0.673 e. The molecular weight excluding hydrogens is 355 g/mol. The summed E-state index contributed by atoms with van der Waals surface area (Å²) < 4.78 is 75.6. The molecule has 0 aliphatic heterocycles. The maximum Gasteiger partial charge on any atom is 0.673 e. The molecule has 0 spiro atoms. The number of hydrogen-bond acceptors (Lipinski definition) is 0. The first-order valence-corrected chi connectivity index (χ1v) is 4.88. The van der Waals surface area contributed by atoms with E-state index in [1.54, 1.807) is 22.6 Å². The van der Waals surface area contributed by atoms with E-state index in [-0.39, 0.29) is 0 Å². The molecule has 0 aliphatic carbocycles. The van der Waals surface area contributed by atoms with Crippen LogP contribution in [0, 0.1) is 3.57 Å². The first-order valence-electron chi connectivity index (χ1n) is 3.72. The SMILES string of the molecule is FC(F)(F)c1ccc([IH+])cc1.F[B-](F)(F)F. The van der Waals surface area contributed by atoms with Gasteiger partial charge in [-0.15, -0.1) is 0 Å². The average Bonchev–Trinajstić information content (AvgIpc) is 1.99. The first kappa shape index (κ1) is 15.5. The average molecular weight is 360 g/mol. The van der Waals surface area contributed by atoms with Crippen LogP contribution in [0.2, 0.25) is 0 Å². The van der Waals surface area contributed by atoms with Crippen LogP contribution in [0.25, 0.3) is 0 Å². The number of rotatable bonds is 0. The normalized spacial score (nSPS) is 11.8. The van der Waals surface area contributed by atoms with Crippen LogP contribution < -0.4 is 22.6 Å². The Morgan fingerprint density at radius 1 is 0.875 bits per heavy atom. The molecule has 0 amide bonds. The topological polar surface area (TPSA) is 0 Å². The molecule has 0 heterocycles. The molecule has 0 N–H and O–H groups in total. The van der Waals surface area contributed by atoms with E-state index in [2.05, 4.69) is 0 Å². The molecule has 1 aromatic carbocycles. The first-order chi connectivity index (χ1) is 7.00. The van der Waals surface area contributed by atoms with Crippen molar-refractivity contribution in [3.05, 3.63) is 33.4 Å². The molecule has 0 fully saturated rings. The third-order valence-corrected chi connectivity index (χ3v) is 1.96. The molecule has 9 heteroatoms. The van der Waals surface area contributed by atoms with Gasteiger partial charge in [0.05, 0.1) is 5.56 Å². The van der Waals surface area contributed by atoms with E-state index in [1.165, 1.54) is 12.1 Å². The summed E-state index contributed by atoms with van der Waals surface area (Å²) >= 11 is 1.68. The van der Waals surface area contributed by atoms with Crippen molar-refractivity contribution in [1.82, 2.24) is 0 Å². The minimum absolute atomic E-state index is 0.593. The van der Waals surface area contributed by atoms with Crippen LogP contribution in [0.3, 0.4) is 0 Å². The molecule has 1 aromatic rings. The van der Waals surface area contributed by atoms with Crippen LogP contribution in [-0.2, 0) is 6.18 Å². The fraction of sp³-hybridized carbons (Fsp3) is 0.143. The van der Waals surface area contributed by atoms with E-state index in [0.717, 1.165) is 15.7 Å². The summed E-state index contributed by atoms with van der Waals surface area (Å²) in [6, 6.07) is 5.07. The molecule has 0 radical (unpaired) electrons. The Balaban J connectivity index is 0.000000385. The van der Waals surface area contributed by atoms with Crippen LogP contribution in [0.1, 0.15) is 5.56 Å². The van der Waals surface area contributed by atoms with Gasteiger partial charge < -0.3 is 17.3 Å². The molecule has 0 aliphatic rings. The predicted octanol–water partition coefficient (Wildman–Crippen LogP) is 0.461. The van der Waals surface area contributed by atoms with Gasteiger partial charge in [0.25, 0.3) is 22.6 Å². The highest BCUT2D eigenvalue weighted by Gasteiger charge is 2.30. The zero-order valence-corrected chi connectivity index (χ0v) is 9.77. The molecule has 16 heavy (non-hydrogen) atoms. The van der Waals surface area contributed by atoms with E-state index >= 15 is 0 Å². The van der Waals surface area contributed by atoms with Gasteiger partial charge in [-0.1, -0.05) is 0 Å². The lowest BCUT2D eigenvalue weighted by Crippen LogP contribution is -3.34. The molecule has 0 atom stereocenters. The second-order valence-electron chi connectivity index (χ2n) is 2.52. The minimum Gasteiger partial charge on any atom is -0.418 e. The summed E-state index contributed by atoms with van der Waals surface area (Å²) in [5, 5.41) is 0. The highest BCUT2D eigenvalue weighted by Crippen LogP contribution is 2.28. The molecule has 0 bridgehead atoms. The number of hydrogen-bond donors (Lipinski definition) is 0. The molecule has 92 valence electrons. The second kappa shape index (κ2) is 5.73. The highest BCUT2D eigenvalue weighted by molar-refractivity contribution is 6.50. The van der Waals surface area contributed by atoms with Crippen molar-refractivity contribution in [2.45, 2.75) is 6.18 Å². The standard InChI is InChI=1S/C7H5F3I.BF4/c8-7(9,10)5-1-3-6(11)4-2-5;2-1(3,4)5/h1-4,11H;/q+1;-1. The highest BCUT2D eigenvalue weighted by atomic mass is 127. The molecule has 0 unspecified atom stereocenters. The fourth-order valence-corrected chi connectivity index (χ4v) is 1.03. The summed E-state index contributed by atoms with van der Waals surface area (Å²) in [5.74, 6) is 0. The number of benzene rings is 1. The van der Waals surface area contributed by atoms with Gasteiger partial charge >= 0.3 is 13.4 Å². The van der Waals surface area contributed by atoms with Gasteiger partial charge in [-0.25, -0.2) is 0 Å². The minimum atomic E-state index is -6.00. The van der Waals surface area contributed by atoms with E-state index < -0.39 is 19.0 Å². The molecule has 0 nitrogen and oxygen atoms in total. The van der Waals surface area contributed by atoms with Crippen molar-refractivity contribution in [1.29, 1.82) is 0 Å². The Morgan fingerprint density at radius 3 is 1.44 bits per heavy atom. The molecule has 0 saturated heterocycles.